The van der Waals surface area contributed by atoms with Gasteiger partial charge in [-0.2, -0.15) is 5.48 Å². The summed E-state index contributed by atoms with van der Waals surface area (Å²) in [7, 11) is 0. The van der Waals surface area contributed by atoms with E-state index in [4.69, 9.17) is 0 Å². The van der Waals surface area contributed by atoms with Crippen LogP contribution >= 0.6 is 0 Å². The highest BCUT2D eigenvalue weighted by Crippen LogP contribution is 1.77. The van der Waals surface area contributed by atoms with Gasteiger partial charge in [-0.05, 0) is 12.2 Å². The summed E-state index contributed by atoms with van der Waals surface area (Å²) in [4.78, 5) is 40.4. The molecule has 0 aromatic rings. The van der Waals surface area contributed by atoms with Crippen LogP contribution in [0, 0.1) is 0 Å². The average molecular weight is 214 g/mol. The molecule has 82 valence electrons. The van der Waals surface area contributed by atoms with Crippen molar-refractivity contribution in [2.24, 2.45) is 0 Å². The van der Waals surface area contributed by atoms with Gasteiger partial charge in [-0.1, -0.05) is 13.2 Å². The van der Waals surface area contributed by atoms with Gasteiger partial charge in [0.1, 0.15) is 0 Å². The van der Waals surface area contributed by atoms with Gasteiger partial charge in [0.05, 0.1) is 0 Å². The average Bonchev–Trinajstić information content (AvgIpc) is 2.25. The predicted octanol–water partition coefficient (Wildman–Crippen LogP) is -1.02. The number of rotatable bonds is 5. The number of hydrogen-bond acceptors (Lipinski definition) is 5. The summed E-state index contributed by atoms with van der Waals surface area (Å²) in [5, 5.41) is 0. The van der Waals surface area contributed by atoms with Crippen molar-refractivity contribution in [3.8, 4) is 0 Å². The normalized spacial score (nSPS) is 8.53. The maximum absolute atomic E-state index is 10.8. The van der Waals surface area contributed by atoms with Crippen LogP contribution in [0.2, 0.25) is 0 Å². The van der Waals surface area contributed by atoms with E-state index in [0.29, 0.717) is 0 Å². The lowest BCUT2D eigenvalue weighted by Crippen LogP contribution is -2.30. The zero-order valence-electron chi connectivity index (χ0n) is 7.82. The van der Waals surface area contributed by atoms with Gasteiger partial charge in [0.25, 0.3) is 11.8 Å². The van der Waals surface area contributed by atoms with E-state index in [1.165, 1.54) is 0 Å². The van der Waals surface area contributed by atoms with Crippen molar-refractivity contribution in [2.45, 2.75) is 0 Å². The molecule has 0 aromatic carbocycles. The van der Waals surface area contributed by atoms with Gasteiger partial charge in [0.15, 0.2) is 6.61 Å². The second kappa shape index (κ2) is 7.27. The first kappa shape index (κ1) is 12.8. The molecular weight excluding hydrogens is 204 g/mol. The molecule has 0 saturated carbocycles. The molecule has 2 amide bonds. The van der Waals surface area contributed by atoms with E-state index in [1.807, 2.05) is 5.48 Å². The van der Waals surface area contributed by atoms with Gasteiger partial charge in [0.2, 0.25) is 0 Å². The zero-order chi connectivity index (χ0) is 11.7. The van der Waals surface area contributed by atoms with Crippen LogP contribution in [0.3, 0.4) is 0 Å². The molecule has 7 heteroatoms. The van der Waals surface area contributed by atoms with Crippen molar-refractivity contribution in [2.75, 3.05) is 6.61 Å². The number of carbonyl (C=O) groups is 3. The SMILES string of the molecule is C=CC(=O)NOCC(=O)ONC(=O)C=C. The largest absolute Gasteiger partial charge is 0.360 e. The Labute approximate surface area is 85.6 Å². The summed E-state index contributed by atoms with van der Waals surface area (Å²) in [6, 6.07) is 0. The molecule has 15 heavy (non-hydrogen) atoms. The van der Waals surface area contributed by atoms with E-state index in [2.05, 4.69) is 22.8 Å². The van der Waals surface area contributed by atoms with Gasteiger partial charge in [0, 0.05) is 0 Å². The second-order valence-electron chi connectivity index (χ2n) is 2.10. The summed E-state index contributed by atoms with van der Waals surface area (Å²) in [5.41, 5.74) is 3.64. The lowest BCUT2D eigenvalue weighted by molar-refractivity contribution is -0.164. The molecule has 0 unspecified atom stereocenters. The number of hydroxylamine groups is 2. The minimum absolute atomic E-state index is 0.545. The summed E-state index contributed by atoms with van der Waals surface area (Å²) in [6.45, 7) is 5.74. The van der Waals surface area contributed by atoms with Gasteiger partial charge in [-0.15, -0.1) is 0 Å². The van der Waals surface area contributed by atoms with Crippen molar-refractivity contribution in [1.29, 1.82) is 0 Å². The standard InChI is InChI=1S/C8H10N2O5/c1-3-6(11)9-14-5-8(13)15-10-7(12)4-2/h3-4H,1-2,5H2,(H,9,11)(H,10,12). The number of hydrogen-bond donors (Lipinski definition) is 2. The Kier molecular flexibility index (Phi) is 6.23. The Bertz CT molecular complexity index is 287. The topological polar surface area (TPSA) is 93.7 Å². The van der Waals surface area contributed by atoms with Crippen molar-refractivity contribution >= 4 is 17.8 Å². The van der Waals surface area contributed by atoms with E-state index < -0.39 is 24.4 Å². The van der Waals surface area contributed by atoms with Crippen molar-refractivity contribution < 1.29 is 24.1 Å². The summed E-state index contributed by atoms with van der Waals surface area (Å²) < 4.78 is 0. The van der Waals surface area contributed by atoms with Crippen LogP contribution in [-0.4, -0.2) is 24.4 Å². The highest BCUT2D eigenvalue weighted by atomic mass is 16.7. The van der Waals surface area contributed by atoms with Crippen LogP contribution in [0.5, 0.6) is 0 Å². The van der Waals surface area contributed by atoms with Gasteiger partial charge < -0.3 is 4.84 Å². The zero-order valence-corrected chi connectivity index (χ0v) is 7.82. The molecule has 0 aliphatic rings. The van der Waals surface area contributed by atoms with Gasteiger partial charge in [-0.25, -0.2) is 10.3 Å². The van der Waals surface area contributed by atoms with Crippen molar-refractivity contribution in [1.82, 2.24) is 11.0 Å². The van der Waals surface area contributed by atoms with Gasteiger partial charge in [-0.3, -0.25) is 14.4 Å². The smallest absolute Gasteiger partial charge is 0.338 e. The van der Waals surface area contributed by atoms with Crippen LogP contribution < -0.4 is 11.0 Å². The number of amides is 2. The molecular formula is C8H10N2O5. The maximum Gasteiger partial charge on any atom is 0.360 e. The van der Waals surface area contributed by atoms with Crippen molar-refractivity contribution in [3.05, 3.63) is 25.3 Å². The molecule has 0 rings (SSSR count). The van der Waals surface area contributed by atoms with Gasteiger partial charge >= 0.3 is 5.97 Å². The lowest BCUT2D eigenvalue weighted by Gasteiger charge is -2.03. The molecule has 7 nitrogen and oxygen atoms in total. The quantitative estimate of drug-likeness (QED) is 0.451. The third-order valence-electron chi connectivity index (χ3n) is 0.999. The molecule has 0 aromatic heterocycles. The molecule has 2 N–H and O–H groups in total. The highest BCUT2D eigenvalue weighted by Gasteiger charge is 2.05. The number of nitrogens with one attached hydrogen (secondary N) is 2. The molecule has 0 heterocycles. The monoisotopic (exact) mass is 214 g/mol. The third-order valence-corrected chi connectivity index (χ3v) is 0.999. The van der Waals surface area contributed by atoms with E-state index in [-0.39, 0.29) is 0 Å². The Hall–Kier alpha value is -2.15. The molecule has 0 aliphatic heterocycles. The molecule has 0 spiro atoms. The first-order chi connectivity index (χ1) is 7.10. The summed E-state index contributed by atoms with van der Waals surface area (Å²) in [5.74, 6) is -2.15. The first-order valence-electron chi connectivity index (χ1n) is 3.76. The number of carbonyl (C=O) groups excluding carboxylic acids is 3. The van der Waals surface area contributed by atoms with Crippen LogP contribution in [0.4, 0.5) is 0 Å². The Morgan fingerprint density at radius 3 is 2.13 bits per heavy atom. The minimum Gasteiger partial charge on any atom is -0.338 e. The van der Waals surface area contributed by atoms with Crippen molar-refractivity contribution in [3.63, 3.8) is 0 Å². The molecule has 0 atom stereocenters. The van der Waals surface area contributed by atoms with E-state index >= 15 is 0 Å². The van der Waals surface area contributed by atoms with Crippen LogP contribution in [0.1, 0.15) is 0 Å². The van der Waals surface area contributed by atoms with Crippen LogP contribution in [0.25, 0.3) is 0 Å². The Balaban J connectivity index is 3.57. The molecule has 0 radical (unpaired) electrons. The third kappa shape index (κ3) is 6.96. The van der Waals surface area contributed by atoms with Crippen LogP contribution in [-0.2, 0) is 24.1 Å². The highest BCUT2D eigenvalue weighted by molar-refractivity contribution is 5.87. The Morgan fingerprint density at radius 2 is 1.60 bits per heavy atom. The first-order valence-corrected chi connectivity index (χ1v) is 3.76. The molecule has 0 saturated heterocycles. The lowest BCUT2D eigenvalue weighted by atomic mass is 10.6. The fourth-order valence-corrected chi connectivity index (χ4v) is 0.386. The predicted molar refractivity (Wildman–Crippen MR) is 48.7 cm³/mol. The van der Waals surface area contributed by atoms with Crippen LogP contribution in [0.15, 0.2) is 25.3 Å². The summed E-state index contributed by atoms with van der Waals surface area (Å²) >= 11 is 0. The summed E-state index contributed by atoms with van der Waals surface area (Å²) in [6.07, 6.45) is 1.89. The van der Waals surface area contributed by atoms with E-state index in [0.717, 1.165) is 12.2 Å². The second-order valence-corrected chi connectivity index (χ2v) is 2.10. The fourth-order valence-electron chi connectivity index (χ4n) is 0.386. The van der Waals surface area contributed by atoms with E-state index in [1.54, 1.807) is 5.48 Å². The Morgan fingerprint density at radius 1 is 1.07 bits per heavy atom. The molecule has 0 bridgehead atoms. The minimum atomic E-state index is -0.880. The molecule has 0 fully saturated rings. The fraction of sp³-hybridized carbons (Fsp3) is 0.125. The maximum atomic E-state index is 10.8. The molecule has 0 aliphatic carbocycles. The van der Waals surface area contributed by atoms with E-state index in [9.17, 15) is 14.4 Å².